The lowest BCUT2D eigenvalue weighted by atomic mass is 10.2. The van der Waals surface area contributed by atoms with E-state index in [-0.39, 0.29) is 0 Å². The first-order valence-corrected chi connectivity index (χ1v) is 8.34. The highest BCUT2D eigenvalue weighted by atomic mass is 79.9. The fraction of sp³-hybridized carbons (Fsp3) is 0.500. The molecule has 1 fully saturated rings. The van der Waals surface area contributed by atoms with E-state index in [2.05, 4.69) is 30.5 Å². The number of aromatic nitrogens is 3. The number of halogens is 2. The van der Waals surface area contributed by atoms with E-state index in [1.165, 1.54) is 18.6 Å². The summed E-state index contributed by atoms with van der Waals surface area (Å²) in [4.78, 5) is 9.04. The molecule has 0 aliphatic carbocycles. The summed E-state index contributed by atoms with van der Waals surface area (Å²) in [6, 6.07) is 2.00. The number of imidazole rings is 1. The van der Waals surface area contributed by atoms with Crippen molar-refractivity contribution in [2.24, 2.45) is 0 Å². The van der Waals surface area contributed by atoms with Crippen LogP contribution in [0.5, 0.6) is 0 Å². The van der Waals surface area contributed by atoms with Crippen molar-refractivity contribution in [3.05, 3.63) is 22.6 Å². The average molecular weight is 347 g/mol. The Morgan fingerprint density at radius 1 is 1.56 bits per heavy atom. The third-order valence-electron chi connectivity index (χ3n) is 3.16. The molecule has 0 spiro atoms. The predicted octanol–water partition coefficient (Wildman–Crippen LogP) is 3.83. The summed E-state index contributed by atoms with van der Waals surface area (Å²) < 4.78 is 3.13. The molecule has 0 amide bonds. The van der Waals surface area contributed by atoms with Crippen LogP contribution in [0.2, 0.25) is 0 Å². The molecule has 1 atom stereocenters. The highest BCUT2D eigenvalue weighted by Gasteiger charge is 2.20. The Labute approximate surface area is 123 Å². The van der Waals surface area contributed by atoms with Crippen molar-refractivity contribution >= 4 is 50.5 Å². The third kappa shape index (κ3) is 2.40. The smallest absolute Gasteiger partial charge is 0.160 e. The minimum absolute atomic E-state index is 0.436. The van der Waals surface area contributed by atoms with Crippen molar-refractivity contribution in [2.45, 2.75) is 30.5 Å². The summed E-state index contributed by atoms with van der Waals surface area (Å²) in [5.74, 6) is 2.63. The summed E-state index contributed by atoms with van der Waals surface area (Å²) in [5, 5.41) is 0.676. The van der Waals surface area contributed by atoms with Crippen molar-refractivity contribution < 1.29 is 0 Å². The Morgan fingerprint density at radius 2 is 2.44 bits per heavy atom. The Balaban J connectivity index is 2.01. The van der Waals surface area contributed by atoms with Gasteiger partial charge in [0.25, 0.3) is 0 Å². The number of alkyl halides is 1. The number of thioether (sulfide) groups is 1. The summed E-state index contributed by atoms with van der Waals surface area (Å²) in [6.07, 6.45) is 4.42. The standard InChI is InChI=1S/C12H13BrClN3S/c13-8-4-10-12(15-6-8)17(11(5-14)16-10)7-9-2-1-3-18-9/h4,6,9H,1-3,5,7H2. The van der Waals surface area contributed by atoms with Gasteiger partial charge in [-0.25, -0.2) is 9.97 Å². The van der Waals surface area contributed by atoms with Crippen molar-refractivity contribution in [1.29, 1.82) is 0 Å². The summed E-state index contributed by atoms with van der Waals surface area (Å²) in [7, 11) is 0. The van der Waals surface area contributed by atoms with Crippen LogP contribution >= 0.6 is 39.3 Å². The second kappa shape index (κ2) is 5.39. The molecule has 1 aliphatic rings. The maximum Gasteiger partial charge on any atom is 0.160 e. The van der Waals surface area contributed by atoms with Gasteiger partial charge in [-0.2, -0.15) is 11.8 Å². The third-order valence-corrected chi connectivity index (χ3v) is 5.21. The maximum absolute atomic E-state index is 6.00. The van der Waals surface area contributed by atoms with Gasteiger partial charge in [0.1, 0.15) is 11.3 Å². The van der Waals surface area contributed by atoms with Crippen molar-refractivity contribution in [3.63, 3.8) is 0 Å². The van der Waals surface area contributed by atoms with E-state index in [1.54, 1.807) is 0 Å². The van der Waals surface area contributed by atoms with Crippen LogP contribution in [0.15, 0.2) is 16.7 Å². The van der Waals surface area contributed by atoms with Crippen LogP contribution in [0.1, 0.15) is 18.7 Å². The molecule has 0 bridgehead atoms. The van der Waals surface area contributed by atoms with Gasteiger partial charge in [-0.3, -0.25) is 0 Å². The minimum Gasteiger partial charge on any atom is -0.311 e. The Hall–Kier alpha value is -0.260. The van der Waals surface area contributed by atoms with E-state index in [1.807, 2.05) is 24.0 Å². The lowest BCUT2D eigenvalue weighted by Crippen LogP contribution is -2.12. The molecule has 0 aromatic carbocycles. The lowest BCUT2D eigenvalue weighted by Gasteiger charge is -2.12. The highest BCUT2D eigenvalue weighted by molar-refractivity contribution is 9.10. The van der Waals surface area contributed by atoms with Crippen LogP contribution in [0.3, 0.4) is 0 Å². The maximum atomic E-state index is 6.00. The minimum atomic E-state index is 0.436. The molecule has 6 heteroatoms. The monoisotopic (exact) mass is 345 g/mol. The van der Waals surface area contributed by atoms with Crippen LogP contribution in [0, 0.1) is 0 Å². The fourth-order valence-electron chi connectivity index (χ4n) is 2.32. The van der Waals surface area contributed by atoms with Crippen LogP contribution in [-0.2, 0) is 12.4 Å². The molecule has 96 valence electrons. The van der Waals surface area contributed by atoms with E-state index in [0.717, 1.165) is 28.0 Å². The summed E-state index contributed by atoms with van der Waals surface area (Å²) in [5.41, 5.74) is 1.87. The quantitative estimate of drug-likeness (QED) is 0.791. The van der Waals surface area contributed by atoms with Gasteiger partial charge < -0.3 is 4.57 Å². The van der Waals surface area contributed by atoms with Crippen molar-refractivity contribution in [3.8, 4) is 0 Å². The first-order valence-electron chi connectivity index (χ1n) is 5.96. The molecule has 1 aliphatic heterocycles. The first-order chi connectivity index (χ1) is 8.78. The number of rotatable bonds is 3. The largest absolute Gasteiger partial charge is 0.311 e. The van der Waals surface area contributed by atoms with E-state index in [9.17, 15) is 0 Å². The normalized spacial score (nSPS) is 19.8. The van der Waals surface area contributed by atoms with Gasteiger partial charge in [0.05, 0.1) is 5.88 Å². The van der Waals surface area contributed by atoms with Crippen molar-refractivity contribution in [2.75, 3.05) is 5.75 Å². The fourth-order valence-corrected chi connectivity index (χ4v) is 4.10. The van der Waals surface area contributed by atoms with Crippen molar-refractivity contribution in [1.82, 2.24) is 14.5 Å². The molecule has 1 saturated heterocycles. The van der Waals surface area contributed by atoms with E-state index < -0.39 is 0 Å². The highest BCUT2D eigenvalue weighted by Crippen LogP contribution is 2.29. The molecule has 2 aromatic heterocycles. The lowest BCUT2D eigenvalue weighted by molar-refractivity contribution is 0.631. The van der Waals surface area contributed by atoms with Gasteiger partial charge in [-0.15, -0.1) is 11.6 Å². The van der Waals surface area contributed by atoms with E-state index in [0.29, 0.717) is 11.1 Å². The SMILES string of the molecule is ClCc1nc2cc(Br)cnc2n1CC1CCCS1. The van der Waals surface area contributed by atoms with Gasteiger partial charge in [0.2, 0.25) is 0 Å². The Morgan fingerprint density at radius 3 is 3.17 bits per heavy atom. The topological polar surface area (TPSA) is 30.7 Å². The van der Waals surface area contributed by atoms with E-state index >= 15 is 0 Å². The van der Waals surface area contributed by atoms with Gasteiger partial charge in [0, 0.05) is 22.5 Å². The van der Waals surface area contributed by atoms with Crippen LogP contribution in [0.4, 0.5) is 0 Å². The van der Waals surface area contributed by atoms with Gasteiger partial charge in [0.15, 0.2) is 5.65 Å². The van der Waals surface area contributed by atoms with Crippen LogP contribution in [-0.4, -0.2) is 25.5 Å². The Bertz CT molecular complexity index is 566. The zero-order valence-corrected chi connectivity index (χ0v) is 12.9. The number of hydrogen-bond donors (Lipinski definition) is 0. The van der Waals surface area contributed by atoms with Crippen LogP contribution in [0.25, 0.3) is 11.2 Å². The zero-order chi connectivity index (χ0) is 12.5. The second-order valence-electron chi connectivity index (χ2n) is 4.40. The molecule has 0 saturated carbocycles. The molecule has 18 heavy (non-hydrogen) atoms. The second-order valence-corrected chi connectivity index (χ2v) is 6.99. The van der Waals surface area contributed by atoms with Gasteiger partial charge >= 0.3 is 0 Å². The molecule has 3 rings (SSSR count). The summed E-state index contributed by atoms with van der Waals surface area (Å²) in [6.45, 7) is 0.970. The Kier molecular flexibility index (Phi) is 3.82. The van der Waals surface area contributed by atoms with Crippen LogP contribution < -0.4 is 0 Å². The summed E-state index contributed by atoms with van der Waals surface area (Å²) >= 11 is 11.5. The molecule has 2 aromatic rings. The van der Waals surface area contributed by atoms with Gasteiger partial charge in [-0.05, 0) is 40.6 Å². The molecule has 1 unspecified atom stereocenters. The molecule has 3 heterocycles. The molecule has 3 nitrogen and oxygen atoms in total. The van der Waals surface area contributed by atoms with E-state index in [4.69, 9.17) is 11.6 Å². The predicted molar refractivity (Wildman–Crippen MR) is 80.3 cm³/mol. The molecule has 0 N–H and O–H groups in total. The number of hydrogen-bond acceptors (Lipinski definition) is 3. The zero-order valence-electron chi connectivity index (χ0n) is 9.77. The van der Waals surface area contributed by atoms with Gasteiger partial charge in [-0.1, -0.05) is 0 Å². The first kappa shape index (κ1) is 12.8. The molecular formula is C12H13BrClN3S. The number of pyridine rings is 1. The molecular weight excluding hydrogens is 334 g/mol. The average Bonchev–Trinajstić information content (AvgIpc) is 2.97. The number of fused-ring (bicyclic) bond motifs is 1. The number of nitrogens with zero attached hydrogens (tertiary/aromatic N) is 3. The molecule has 0 radical (unpaired) electrons.